The van der Waals surface area contributed by atoms with Crippen LogP contribution in [0.25, 0.3) is 0 Å². The Balaban J connectivity index is 1.52. The fraction of sp³-hybridized carbons (Fsp3) is 0.500. The molecule has 0 spiro atoms. The number of piperidine rings is 2. The zero-order valence-electron chi connectivity index (χ0n) is 19.9. The highest BCUT2D eigenvalue weighted by atomic mass is 16.2. The molecule has 7 heteroatoms. The van der Waals surface area contributed by atoms with Crippen molar-refractivity contribution >= 4 is 23.3 Å². The van der Waals surface area contributed by atoms with E-state index in [0.29, 0.717) is 29.9 Å². The summed E-state index contributed by atoms with van der Waals surface area (Å²) in [6.07, 6.45) is 5.69. The lowest BCUT2D eigenvalue weighted by Crippen LogP contribution is -2.46. The zero-order valence-corrected chi connectivity index (χ0v) is 19.9. The van der Waals surface area contributed by atoms with Crippen molar-refractivity contribution < 1.29 is 9.59 Å². The summed E-state index contributed by atoms with van der Waals surface area (Å²) in [5.74, 6) is 0.193. The van der Waals surface area contributed by atoms with Crippen molar-refractivity contribution in [2.24, 2.45) is 5.92 Å². The molecular weight excluding hydrogens is 414 g/mol. The van der Waals surface area contributed by atoms with Gasteiger partial charge in [-0.05, 0) is 87.3 Å². The molecule has 2 atom stereocenters. The number of nitrogens with two attached hydrogens (primary N) is 1. The Morgan fingerprint density at radius 3 is 2.55 bits per heavy atom. The van der Waals surface area contributed by atoms with Crippen LogP contribution in [0.4, 0.5) is 11.5 Å². The van der Waals surface area contributed by atoms with Crippen LogP contribution in [0.3, 0.4) is 0 Å². The summed E-state index contributed by atoms with van der Waals surface area (Å²) in [6.45, 7) is 6.75. The molecule has 0 aliphatic carbocycles. The van der Waals surface area contributed by atoms with E-state index in [9.17, 15) is 9.59 Å². The second-order valence-electron chi connectivity index (χ2n) is 9.78. The lowest BCUT2D eigenvalue weighted by atomic mass is 9.85. The van der Waals surface area contributed by atoms with Crippen LogP contribution in [-0.4, -0.2) is 53.3 Å². The number of amides is 2. The first kappa shape index (κ1) is 23.2. The minimum absolute atomic E-state index is 0.0862. The highest BCUT2D eigenvalue weighted by Gasteiger charge is 2.34. The number of pyridine rings is 1. The van der Waals surface area contributed by atoms with Gasteiger partial charge in [-0.1, -0.05) is 31.2 Å². The lowest BCUT2D eigenvalue weighted by Gasteiger charge is -2.39. The predicted molar refractivity (Wildman–Crippen MR) is 131 cm³/mol. The highest BCUT2D eigenvalue weighted by Crippen LogP contribution is 2.36. The number of likely N-dealkylation sites (tertiary alicyclic amines) is 2. The molecule has 2 amide bonds. The van der Waals surface area contributed by atoms with Gasteiger partial charge in [-0.15, -0.1) is 0 Å². The molecule has 2 aromatic rings. The molecule has 2 saturated heterocycles. The first-order chi connectivity index (χ1) is 15.8. The number of nitrogen functional groups attached to an aromatic ring is 1. The fourth-order valence-electron chi connectivity index (χ4n) is 5.05. The Bertz CT molecular complexity index is 1020. The van der Waals surface area contributed by atoms with E-state index in [1.54, 1.807) is 11.0 Å². The predicted octanol–water partition coefficient (Wildman–Crippen LogP) is 3.72. The van der Waals surface area contributed by atoms with Gasteiger partial charge in [0.25, 0.3) is 0 Å². The molecule has 3 N–H and O–H groups in total. The molecule has 2 fully saturated rings. The summed E-state index contributed by atoms with van der Waals surface area (Å²) in [5.41, 5.74) is 9.48. The molecule has 33 heavy (non-hydrogen) atoms. The van der Waals surface area contributed by atoms with Crippen molar-refractivity contribution in [2.75, 3.05) is 37.7 Å². The maximum Gasteiger partial charge on any atom is 0.313 e. The van der Waals surface area contributed by atoms with Gasteiger partial charge in [0.15, 0.2) is 0 Å². The topological polar surface area (TPSA) is 91.6 Å². The van der Waals surface area contributed by atoms with E-state index in [2.05, 4.69) is 53.4 Å². The van der Waals surface area contributed by atoms with E-state index in [1.807, 2.05) is 6.92 Å². The minimum Gasteiger partial charge on any atom is -0.383 e. The number of nitrogens with one attached hydrogen (secondary N) is 1. The summed E-state index contributed by atoms with van der Waals surface area (Å²) in [6, 6.07) is 10.3. The van der Waals surface area contributed by atoms with Crippen LogP contribution in [-0.2, 0) is 9.59 Å². The van der Waals surface area contributed by atoms with Gasteiger partial charge >= 0.3 is 11.8 Å². The van der Waals surface area contributed by atoms with Crippen LogP contribution in [0.15, 0.2) is 36.5 Å². The zero-order chi connectivity index (χ0) is 23.5. The van der Waals surface area contributed by atoms with Crippen LogP contribution >= 0.6 is 0 Å². The van der Waals surface area contributed by atoms with Crippen LogP contribution in [0, 0.1) is 12.8 Å². The van der Waals surface area contributed by atoms with Crippen molar-refractivity contribution in [3.63, 3.8) is 0 Å². The SMILES string of the molecule is Cc1cc(NC(=O)C(=O)N2C[C@H](C)CC[C@H]2c2cccc(C3CCN(C)CC3)c2)cnc1N. The van der Waals surface area contributed by atoms with E-state index in [1.165, 1.54) is 11.8 Å². The van der Waals surface area contributed by atoms with Gasteiger partial charge in [0, 0.05) is 6.54 Å². The van der Waals surface area contributed by atoms with Crippen molar-refractivity contribution in [2.45, 2.75) is 51.5 Å². The summed E-state index contributed by atoms with van der Waals surface area (Å²) >= 11 is 0. The smallest absolute Gasteiger partial charge is 0.313 e. The van der Waals surface area contributed by atoms with E-state index in [-0.39, 0.29) is 6.04 Å². The Kier molecular flexibility index (Phi) is 6.98. The number of hydrogen-bond donors (Lipinski definition) is 2. The molecule has 0 radical (unpaired) electrons. The first-order valence-electron chi connectivity index (χ1n) is 11.9. The van der Waals surface area contributed by atoms with Crippen LogP contribution in [0.2, 0.25) is 0 Å². The quantitative estimate of drug-likeness (QED) is 0.697. The van der Waals surface area contributed by atoms with Crippen LogP contribution < -0.4 is 11.1 Å². The van der Waals surface area contributed by atoms with Crippen LogP contribution in [0.1, 0.15) is 61.3 Å². The number of nitrogens with zero attached hydrogens (tertiary/aromatic N) is 3. The maximum absolute atomic E-state index is 13.3. The third kappa shape index (κ3) is 5.36. The van der Waals surface area contributed by atoms with Gasteiger partial charge < -0.3 is 20.9 Å². The van der Waals surface area contributed by atoms with Crippen molar-refractivity contribution in [1.29, 1.82) is 0 Å². The summed E-state index contributed by atoms with van der Waals surface area (Å²) < 4.78 is 0. The van der Waals surface area contributed by atoms with Gasteiger partial charge in [0.1, 0.15) is 5.82 Å². The minimum atomic E-state index is -0.633. The van der Waals surface area contributed by atoms with Gasteiger partial charge in [0.05, 0.1) is 17.9 Å². The van der Waals surface area contributed by atoms with E-state index >= 15 is 0 Å². The third-order valence-electron chi connectivity index (χ3n) is 7.13. The normalized spacial score (nSPS) is 22.2. The van der Waals surface area contributed by atoms with E-state index in [0.717, 1.165) is 49.9 Å². The first-order valence-corrected chi connectivity index (χ1v) is 11.9. The largest absolute Gasteiger partial charge is 0.383 e. The van der Waals surface area contributed by atoms with Gasteiger partial charge in [-0.2, -0.15) is 0 Å². The van der Waals surface area contributed by atoms with Crippen LogP contribution in [0.5, 0.6) is 0 Å². The summed E-state index contributed by atoms with van der Waals surface area (Å²) in [7, 11) is 2.17. The number of hydrogen-bond acceptors (Lipinski definition) is 5. The number of carbonyl (C=O) groups excluding carboxylic acids is 2. The van der Waals surface area contributed by atoms with Gasteiger partial charge in [-0.3, -0.25) is 9.59 Å². The number of benzene rings is 1. The summed E-state index contributed by atoms with van der Waals surface area (Å²) in [4.78, 5) is 34.3. The van der Waals surface area contributed by atoms with Crippen molar-refractivity contribution in [1.82, 2.24) is 14.8 Å². The third-order valence-corrected chi connectivity index (χ3v) is 7.13. The number of rotatable bonds is 3. The fourth-order valence-corrected chi connectivity index (χ4v) is 5.05. The lowest BCUT2D eigenvalue weighted by molar-refractivity contribution is -0.146. The molecule has 176 valence electrons. The molecule has 4 rings (SSSR count). The summed E-state index contributed by atoms with van der Waals surface area (Å²) in [5, 5.41) is 2.71. The number of carbonyl (C=O) groups is 2. The molecule has 0 saturated carbocycles. The molecule has 1 aromatic carbocycles. The number of aromatic nitrogens is 1. The van der Waals surface area contributed by atoms with Gasteiger partial charge in [0.2, 0.25) is 0 Å². The van der Waals surface area contributed by atoms with Gasteiger partial charge in [-0.25, -0.2) is 4.98 Å². The molecule has 2 aliphatic rings. The average molecular weight is 450 g/mol. The maximum atomic E-state index is 13.3. The molecule has 7 nitrogen and oxygen atoms in total. The average Bonchev–Trinajstić information content (AvgIpc) is 2.81. The van der Waals surface area contributed by atoms with Crippen molar-refractivity contribution in [3.05, 3.63) is 53.2 Å². The van der Waals surface area contributed by atoms with E-state index in [4.69, 9.17) is 5.73 Å². The molecule has 2 aliphatic heterocycles. The monoisotopic (exact) mass is 449 g/mol. The van der Waals surface area contributed by atoms with Crippen molar-refractivity contribution in [3.8, 4) is 0 Å². The highest BCUT2D eigenvalue weighted by molar-refractivity contribution is 6.39. The molecule has 0 unspecified atom stereocenters. The second-order valence-corrected chi connectivity index (χ2v) is 9.78. The molecule has 0 bridgehead atoms. The Morgan fingerprint density at radius 2 is 1.82 bits per heavy atom. The second kappa shape index (κ2) is 9.91. The number of anilines is 2. The molecule has 1 aromatic heterocycles. The van der Waals surface area contributed by atoms with E-state index < -0.39 is 11.8 Å². The molecular formula is C26H35N5O2. The Labute approximate surface area is 196 Å². The Morgan fingerprint density at radius 1 is 1.09 bits per heavy atom. The Hall–Kier alpha value is -2.93. The number of aryl methyl sites for hydroxylation is 1. The molecule has 3 heterocycles. The standard InChI is InChI=1S/C26H35N5O2/c1-17-7-8-23(21-6-4-5-20(14-21)19-9-11-30(3)12-10-19)31(16-17)26(33)25(32)29-22-13-18(2)24(27)28-15-22/h4-6,13-15,17,19,23H,7-12,16H2,1-3H3,(H2,27,28)(H,29,32)/t17-,23+/m1/s1.